The van der Waals surface area contributed by atoms with Crippen LogP contribution < -0.4 is 17.1 Å². The molecule has 9 heteroatoms. The van der Waals surface area contributed by atoms with Gasteiger partial charge in [-0.1, -0.05) is 0 Å². The zero-order valence-corrected chi connectivity index (χ0v) is 7.02. The summed E-state index contributed by atoms with van der Waals surface area (Å²) in [6.07, 6.45) is -0.613. The fourth-order valence-corrected chi connectivity index (χ4v) is 0.864. The van der Waals surface area contributed by atoms with E-state index in [-0.39, 0.29) is 32.9 Å². The van der Waals surface area contributed by atoms with Crippen LogP contribution in [0.1, 0.15) is 0 Å². The lowest BCUT2D eigenvalue weighted by atomic mass is 10.8. The summed E-state index contributed by atoms with van der Waals surface area (Å²) < 4.78 is -0.238. The Morgan fingerprint density at radius 1 is 0.600 bits per heavy atom. The molecule has 15 heavy (non-hydrogen) atoms. The first-order chi connectivity index (χ1) is 7.08. The highest BCUT2D eigenvalue weighted by molar-refractivity contribution is 5.58. The van der Waals surface area contributed by atoms with E-state index in [2.05, 4.69) is 0 Å². The van der Waals surface area contributed by atoms with E-state index in [0.29, 0.717) is 0 Å². The topological polar surface area (TPSA) is 117 Å². The largest absolute Gasteiger partial charge is 0.349 e. The van der Waals surface area contributed by atoms with Gasteiger partial charge >= 0.3 is 17.1 Å². The van der Waals surface area contributed by atoms with Gasteiger partial charge in [0, 0.05) is 0 Å². The predicted octanol–water partition coefficient (Wildman–Crippen LogP) is -3.71. The highest BCUT2D eigenvalue weighted by atomic mass is 16.2. The van der Waals surface area contributed by atoms with E-state index >= 15 is 0 Å². The second kappa shape index (κ2) is 3.65. The molecule has 1 aromatic rings. The summed E-state index contributed by atoms with van der Waals surface area (Å²) in [6.45, 7) is 0. The second-order valence-electron chi connectivity index (χ2n) is 2.27. The highest BCUT2D eigenvalue weighted by Gasteiger charge is 2.13. The van der Waals surface area contributed by atoms with Crippen LogP contribution in [0.15, 0.2) is 14.4 Å². The third-order valence-electron chi connectivity index (χ3n) is 1.55. The minimum absolute atomic E-state index is 0.0792. The number of aromatic nitrogens is 3. The number of hydrogen-bond donors (Lipinski definition) is 0. The fourth-order valence-electron chi connectivity index (χ4n) is 0.864. The SMILES string of the molecule is O=Cn1c(=O)n(C=O)c(=O)n(C=O)c1=O. The molecule has 0 amide bonds. The average molecular weight is 213 g/mol. The van der Waals surface area contributed by atoms with E-state index in [9.17, 15) is 28.8 Å². The average Bonchev–Trinajstić information content (AvgIpc) is 2.19. The summed E-state index contributed by atoms with van der Waals surface area (Å²) in [7, 11) is 0. The first kappa shape index (κ1) is 10.5. The molecule has 0 unspecified atom stereocenters. The lowest BCUT2D eigenvalue weighted by Gasteiger charge is -1.99. The number of rotatable bonds is 3. The van der Waals surface area contributed by atoms with Gasteiger partial charge in [-0.3, -0.25) is 14.4 Å². The first-order valence-electron chi connectivity index (χ1n) is 3.44. The molecular weight excluding hydrogens is 210 g/mol. The molecule has 0 atom stereocenters. The van der Waals surface area contributed by atoms with Gasteiger partial charge in [-0.2, -0.15) is 13.7 Å². The molecule has 0 saturated carbocycles. The molecule has 1 heterocycles. The summed E-state index contributed by atoms with van der Waals surface area (Å²) >= 11 is 0. The summed E-state index contributed by atoms with van der Waals surface area (Å²) in [5.41, 5.74) is -4.27. The molecule has 0 aromatic carbocycles. The maximum absolute atomic E-state index is 11.1. The van der Waals surface area contributed by atoms with E-state index in [0.717, 1.165) is 0 Å². The Bertz CT molecular complexity index is 487. The van der Waals surface area contributed by atoms with Gasteiger partial charge in [-0.15, -0.1) is 0 Å². The fraction of sp³-hybridized carbons (Fsp3) is 0. The standard InChI is InChI=1S/C6H3N3O6/c10-1-7-4(13)8(2-11)6(15)9(3-12)5(7)14/h1-3H. The Morgan fingerprint density at radius 3 is 0.933 bits per heavy atom. The monoisotopic (exact) mass is 213 g/mol. The molecule has 78 valence electrons. The Labute approximate surface area is 79.8 Å². The number of carbonyl (C=O) groups is 3. The molecule has 1 rings (SSSR count). The van der Waals surface area contributed by atoms with Gasteiger partial charge in [0.15, 0.2) is 0 Å². The van der Waals surface area contributed by atoms with E-state index < -0.39 is 17.1 Å². The first-order valence-corrected chi connectivity index (χ1v) is 3.44. The normalized spacial score (nSPS) is 9.60. The predicted molar refractivity (Wildman–Crippen MR) is 45.7 cm³/mol. The van der Waals surface area contributed by atoms with Crippen molar-refractivity contribution >= 4 is 19.2 Å². The van der Waals surface area contributed by atoms with Gasteiger partial charge in [0.1, 0.15) is 0 Å². The molecule has 1 aromatic heterocycles. The summed E-state index contributed by atoms with van der Waals surface area (Å²) in [5.74, 6) is 0. The van der Waals surface area contributed by atoms with Crippen LogP contribution in [0.2, 0.25) is 0 Å². The van der Waals surface area contributed by atoms with Gasteiger partial charge in [0.25, 0.3) is 0 Å². The van der Waals surface area contributed by atoms with E-state index in [1.165, 1.54) is 0 Å². The maximum Gasteiger partial charge on any atom is 0.349 e. The van der Waals surface area contributed by atoms with Crippen LogP contribution >= 0.6 is 0 Å². The highest BCUT2D eigenvalue weighted by Crippen LogP contribution is 1.61. The number of nitrogens with zero attached hydrogens (tertiary/aromatic N) is 3. The van der Waals surface area contributed by atoms with Crippen molar-refractivity contribution in [1.82, 2.24) is 13.7 Å². The third kappa shape index (κ3) is 1.35. The molecule has 0 N–H and O–H groups in total. The Morgan fingerprint density at radius 2 is 0.800 bits per heavy atom. The third-order valence-corrected chi connectivity index (χ3v) is 1.55. The van der Waals surface area contributed by atoms with Crippen molar-refractivity contribution in [2.75, 3.05) is 0 Å². The molecule has 0 spiro atoms. The molecule has 0 aliphatic rings. The van der Waals surface area contributed by atoms with Gasteiger partial charge < -0.3 is 0 Å². The molecule has 0 radical (unpaired) electrons. The van der Waals surface area contributed by atoms with Crippen molar-refractivity contribution in [3.63, 3.8) is 0 Å². The van der Waals surface area contributed by atoms with Crippen molar-refractivity contribution in [2.45, 2.75) is 0 Å². The van der Waals surface area contributed by atoms with Gasteiger partial charge in [-0.25, -0.2) is 14.4 Å². The van der Waals surface area contributed by atoms with Crippen molar-refractivity contribution in [2.24, 2.45) is 0 Å². The zero-order valence-electron chi connectivity index (χ0n) is 7.02. The van der Waals surface area contributed by atoms with Crippen LogP contribution in [-0.2, 0) is 14.4 Å². The molecular formula is C6H3N3O6. The molecule has 0 fully saturated rings. The minimum atomic E-state index is -1.42. The molecule has 0 bridgehead atoms. The second-order valence-corrected chi connectivity index (χ2v) is 2.27. The summed E-state index contributed by atoms with van der Waals surface area (Å²) in [5, 5.41) is 0. The van der Waals surface area contributed by atoms with Crippen LogP contribution in [0.5, 0.6) is 0 Å². The minimum Gasteiger partial charge on any atom is -0.278 e. The van der Waals surface area contributed by atoms with E-state index in [1.807, 2.05) is 0 Å². The molecule has 9 nitrogen and oxygen atoms in total. The van der Waals surface area contributed by atoms with Crippen molar-refractivity contribution in [3.05, 3.63) is 31.5 Å². The van der Waals surface area contributed by atoms with Crippen LogP contribution in [-0.4, -0.2) is 32.9 Å². The van der Waals surface area contributed by atoms with Crippen molar-refractivity contribution < 1.29 is 14.4 Å². The Hall–Kier alpha value is -2.58. The Kier molecular flexibility index (Phi) is 2.56. The van der Waals surface area contributed by atoms with Crippen molar-refractivity contribution in [3.8, 4) is 0 Å². The van der Waals surface area contributed by atoms with Crippen LogP contribution in [0, 0.1) is 0 Å². The van der Waals surface area contributed by atoms with Gasteiger partial charge in [-0.05, 0) is 0 Å². The Balaban J connectivity index is 4.08. The number of hydrogen-bond acceptors (Lipinski definition) is 6. The zero-order chi connectivity index (χ0) is 11.6. The van der Waals surface area contributed by atoms with Crippen LogP contribution in [0.3, 0.4) is 0 Å². The lowest BCUT2D eigenvalue weighted by molar-refractivity contribution is 0.511. The summed E-state index contributed by atoms with van der Waals surface area (Å²) in [6, 6.07) is 0. The van der Waals surface area contributed by atoms with E-state index in [1.54, 1.807) is 0 Å². The van der Waals surface area contributed by atoms with Gasteiger partial charge in [0.2, 0.25) is 19.2 Å². The molecule has 0 aliphatic carbocycles. The molecule has 0 saturated heterocycles. The van der Waals surface area contributed by atoms with Crippen LogP contribution in [0.4, 0.5) is 0 Å². The van der Waals surface area contributed by atoms with Crippen LogP contribution in [0.25, 0.3) is 0 Å². The number of carbonyl (C=O) groups excluding carboxylic acids is 3. The lowest BCUT2D eigenvalue weighted by Crippen LogP contribution is -2.54. The van der Waals surface area contributed by atoms with Crippen molar-refractivity contribution in [1.29, 1.82) is 0 Å². The molecule has 0 aliphatic heterocycles. The van der Waals surface area contributed by atoms with Gasteiger partial charge in [0.05, 0.1) is 0 Å². The van der Waals surface area contributed by atoms with E-state index in [4.69, 9.17) is 0 Å². The quantitative estimate of drug-likeness (QED) is 0.476. The summed E-state index contributed by atoms with van der Waals surface area (Å²) in [4.78, 5) is 64.1. The maximum atomic E-state index is 11.1. The smallest absolute Gasteiger partial charge is 0.278 e.